The molecule has 1 saturated carbocycles. The number of nitrogens with one attached hydrogen (secondary N) is 1. The first-order valence-corrected chi connectivity index (χ1v) is 6.73. The monoisotopic (exact) mass is 241 g/mol. The van der Waals surface area contributed by atoms with Crippen LogP contribution in [0, 0.1) is 11.8 Å². The maximum absolute atomic E-state index is 11.9. The normalized spacial score (nSPS) is 30.4. The quantitative estimate of drug-likeness (QED) is 0.755. The van der Waals surface area contributed by atoms with Crippen LogP contribution in [0.2, 0.25) is 0 Å². The highest BCUT2D eigenvalue weighted by Gasteiger charge is 2.34. The lowest BCUT2D eigenvalue weighted by atomic mass is 9.90. The molecule has 1 aliphatic heterocycles. The number of likely N-dealkylation sites (N-methyl/N-ethyl adjacent to an activating group) is 1. The van der Waals surface area contributed by atoms with Crippen LogP contribution in [0.3, 0.4) is 0 Å². The second kappa shape index (κ2) is 6.36. The fraction of sp³-hybridized carbons (Fsp3) is 0.923. The molecule has 0 amide bonds. The molecule has 1 N–H and O–H groups in total. The van der Waals surface area contributed by atoms with Crippen LogP contribution >= 0.6 is 0 Å². The number of rotatable bonds is 4. The lowest BCUT2D eigenvalue weighted by molar-refractivity contribution is -0.150. The van der Waals surface area contributed by atoms with Crippen LogP contribution < -0.4 is 5.32 Å². The molecule has 0 spiro atoms. The molecular weight excluding hydrogens is 218 g/mol. The third-order valence-electron chi connectivity index (χ3n) is 3.94. The molecule has 0 bridgehead atoms. The molecule has 0 aromatic heterocycles. The van der Waals surface area contributed by atoms with Crippen molar-refractivity contribution in [2.45, 2.75) is 38.1 Å². The Labute approximate surface area is 103 Å². The van der Waals surface area contributed by atoms with Gasteiger partial charge in [-0.25, -0.2) is 0 Å². The van der Waals surface area contributed by atoms with Crippen LogP contribution in [0.15, 0.2) is 0 Å². The van der Waals surface area contributed by atoms with Crippen molar-refractivity contribution in [3.05, 3.63) is 0 Å². The third kappa shape index (κ3) is 3.42. The highest BCUT2D eigenvalue weighted by atomic mass is 16.5. The van der Waals surface area contributed by atoms with Gasteiger partial charge in [0.25, 0.3) is 0 Å². The number of ether oxygens (including phenoxy) is 2. The summed E-state index contributed by atoms with van der Waals surface area (Å²) in [6.07, 6.45) is 6.33. The molecule has 0 radical (unpaired) electrons. The summed E-state index contributed by atoms with van der Waals surface area (Å²) < 4.78 is 10.7. The van der Waals surface area contributed by atoms with Gasteiger partial charge >= 0.3 is 5.97 Å². The molecule has 2 unspecified atom stereocenters. The van der Waals surface area contributed by atoms with E-state index in [1.165, 1.54) is 32.1 Å². The van der Waals surface area contributed by atoms with Crippen molar-refractivity contribution in [3.63, 3.8) is 0 Å². The van der Waals surface area contributed by atoms with Gasteiger partial charge in [-0.05, 0) is 25.8 Å². The number of hydrogen-bond acceptors (Lipinski definition) is 4. The van der Waals surface area contributed by atoms with Crippen molar-refractivity contribution in [1.29, 1.82) is 0 Å². The summed E-state index contributed by atoms with van der Waals surface area (Å²) in [5.41, 5.74) is 0. The van der Waals surface area contributed by atoms with E-state index >= 15 is 0 Å². The van der Waals surface area contributed by atoms with Gasteiger partial charge in [0.1, 0.15) is 0 Å². The fourth-order valence-corrected chi connectivity index (χ4v) is 2.73. The van der Waals surface area contributed by atoms with Gasteiger partial charge in [-0.1, -0.05) is 19.3 Å². The van der Waals surface area contributed by atoms with Crippen molar-refractivity contribution in [1.82, 2.24) is 5.32 Å². The minimum Gasteiger partial charge on any atom is -0.465 e. The maximum atomic E-state index is 11.9. The Kier molecular flexibility index (Phi) is 4.80. The van der Waals surface area contributed by atoms with Crippen LogP contribution in [0.5, 0.6) is 0 Å². The number of esters is 1. The molecule has 1 aliphatic carbocycles. The predicted octanol–water partition coefficient (Wildman–Crippen LogP) is 1.34. The number of carbonyl (C=O) groups is 1. The molecule has 1 heterocycles. The van der Waals surface area contributed by atoms with Gasteiger partial charge in [-0.15, -0.1) is 0 Å². The van der Waals surface area contributed by atoms with Crippen molar-refractivity contribution in [3.8, 4) is 0 Å². The second-order valence-corrected chi connectivity index (χ2v) is 5.17. The number of hydrogen-bond donors (Lipinski definition) is 1. The van der Waals surface area contributed by atoms with Gasteiger partial charge in [0.2, 0.25) is 0 Å². The van der Waals surface area contributed by atoms with E-state index in [1.807, 2.05) is 7.05 Å². The molecule has 1 saturated heterocycles. The minimum atomic E-state index is -0.122. The first kappa shape index (κ1) is 12.8. The van der Waals surface area contributed by atoms with Crippen molar-refractivity contribution < 1.29 is 14.3 Å². The molecule has 4 nitrogen and oxygen atoms in total. The largest absolute Gasteiger partial charge is 0.465 e. The fourth-order valence-electron chi connectivity index (χ4n) is 2.73. The Bertz CT molecular complexity index is 251. The molecular formula is C13H23NO3. The first-order valence-electron chi connectivity index (χ1n) is 6.73. The SMILES string of the molecule is CNC1COCC1C(=O)OCC1CCCCC1. The topological polar surface area (TPSA) is 47.6 Å². The summed E-state index contributed by atoms with van der Waals surface area (Å²) in [7, 11) is 1.86. The second-order valence-electron chi connectivity index (χ2n) is 5.17. The van der Waals surface area contributed by atoms with E-state index in [2.05, 4.69) is 5.32 Å². The summed E-state index contributed by atoms with van der Waals surface area (Å²) in [5.74, 6) is 0.374. The van der Waals surface area contributed by atoms with Gasteiger partial charge in [-0.3, -0.25) is 4.79 Å². The third-order valence-corrected chi connectivity index (χ3v) is 3.94. The van der Waals surface area contributed by atoms with E-state index in [0.29, 0.717) is 25.7 Å². The molecule has 0 aromatic rings. The number of carbonyl (C=O) groups excluding carboxylic acids is 1. The van der Waals surface area contributed by atoms with Gasteiger partial charge in [0.15, 0.2) is 0 Å². The van der Waals surface area contributed by atoms with Gasteiger partial charge in [0.05, 0.1) is 25.7 Å². The summed E-state index contributed by atoms with van der Waals surface area (Å²) in [6.45, 7) is 1.71. The maximum Gasteiger partial charge on any atom is 0.312 e. The molecule has 2 rings (SSSR count). The Balaban J connectivity index is 1.72. The Hall–Kier alpha value is -0.610. The van der Waals surface area contributed by atoms with E-state index in [-0.39, 0.29) is 17.9 Å². The van der Waals surface area contributed by atoms with Crippen LogP contribution in [-0.4, -0.2) is 38.9 Å². The Morgan fingerprint density at radius 3 is 2.76 bits per heavy atom. The Morgan fingerprint density at radius 1 is 1.29 bits per heavy atom. The zero-order valence-corrected chi connectivity index (χ0v) is 10.6. The van der Waals surface area contributed by atoms with Crippen LogP contribution in [-0.2, 0) is 14.3 Å². The zero-order chi connectivity index (χ0) is 12.1. The van der Waals surface area contributed by atoms with Gasteiger partial charge < -0.3 is 14.8 Å². The van der Waals surface area contributed by atoms with Crippen molar-refractivity contribution >= 4 is 5.97 Å². The standard InChI is InChI=1S/C13H23NO3/c1-14-12-9-16-8-11(12)13(15)17-7-10-5-3-2-4-6-10/h10-12,14H,2-9H2,1H3. The molecule has 2 atom stereocenters. The summed E-state index contributed by atoms with van der Waals surface area (Å²) in [5, 5.41) is 3.11. The highest BCUT2D eigenvalue weighted by molar-refractivity contribution is 5.73. The summed E-state index contributed by atoms with van der Waals surface area (Å²) in [6, 6.07) is 0.119. The first-order chi connectivity index (χ1) is 8.31. The lowest BCUT2D eigenvalue weighted by Crippen LogP contribution is -2.38. The smallest absolute Gasteiger partial charge is 0.312 e. The van der Waals surface area contributed by atoms with E-state index in [4.69, 9.17) is 9.47 Å². The van der Waals surface area contributed by atoms with Crippen molar-refractivity contribution in [2.24, 2.45) is 11.8 Å². The zero-order valence-electron chi connectivity index (χ0n) is 10.6. The molecule has 2 aliphatic rings. The van der Waals surface area contributed by atoms with Crippen LogP contribution in [0.4, 0.5) is 0 Å². The average Bonchev–Trinajstić information content (AvgIpc) is 2.85. The highest BCUT2D eigenvalue weighted by Crippen LogP contribution is 2.24. The van der Waals surface area contributed by atoms with Crippen LogP contribution in [0.1, 0.15) is 32.1 Å². The minimum absolute atomic E-state index is 0.0903. The summed E-state index contributed by atoms with van der Waals surface area (Å²) >= 11 is 0. The lowest BCUT2D eigenvalue weighted by Gasteiger charge is -2.22. The van der Waals surface area contributed by atoms with E-state index in [0.717, 1.165) is 0 Å². The van der Waals surface area contributed by atoms with E-state index < -0.39 is 0 Å². The average molecular weight is 241 g/mol. The molecule has 98 valence electrons. The van der Waals surface area contributed by atoms with Crippen molar-refractivity contribution in [2.75, 3.05) is 26.9 Å². The van der Waals surface area contributed by atoms with Gasteiger partial charge in [0, 0.05) is 6.04 Å². The molecule has 4 heteroatoms. The molecule has 17 heavy (non-hydrogen) atoms. The summed E-state index contributed by atoms with van der Waals surface area (Å²) in [4.78, 5) is 11.9. The van der Waals surface area contributed by atoms with Gasteiger partial charge in [-0.2, -0.15) is 0 Å². The van der Waals surface area contributed by atoms with Crippen LogP contribution in [0.25, 0.3) is 0 Å². The van der Waals surface area contributed by atoms with E-state index in [1.54, 1.807) is 0 Å². The molecule has 2 fully saturated rings. The Morgan fingerprint density at radius 2 is 2.06 bits per heavy atom. The molecule has 0 aromatic carbocycles. The predicted molar refractivity (Wildman–Crippen MR) is 64.7 cm³/mol. The van der Waals surface area contributed by atoms with E-state index in [9.17, 15) is 4.79 Å².